The van der Waals surface area contributed by atoms with Gasteiger partial charge in [-0.2, -0.15) is 0 Å². The number of aliphatic carboxylic acids is 1. The molecule has 0 aromatic carbocycles. The van der Waals surface area contributed by atoms with Crippen LogP contribution in [0.4, 0.5) is 0 Å². The van der Waals surface area contributed by atoms with Crippen LogP contribution >= 0.6 is 0 Å². The Morgan fingerprint density at radius 1 is 0.600 bits per heavy atom. The summed E-state index contributed by atoms with van der Waals surface area (Å²) < 4.78 is 0. The van der Waals surface area contributed by atoms with Crippen LogP contribution in [0.15, 0.2) is 17.5 Å². The predicted octanol–water partition coefficient (Wildman–Crippen LogP) is -9.76. The number of guanidine groups is 1. The molecule has 1 heterocycles. The highest BCUT2D eigenvalue weighted by Gasteiger charge is 2.35. The van der Waals surface area contributed by atoms with Crippen LogP contribution < -0.4 is 76.1 Å². The molecule has 0 saturated carbocycles. The third-order valence-electron chi connectivity index (χ3n) is 11.8. The molecule has 1 rings (SSSR count). The lowest BCUT2D eigenvalue weighted by atomic mass is 9.98. The number of imidazole rings is 1. The molecule has 24 N–H and O–H groups in total. The lowest BCUT2D eigenvalue weighted by Gasteiger charge is -2.27. The number of aliphatic imine (C=N–C) groups is 1. The Balaban J connectivity index is 3.02. The van der Waals surface area contributed by atoms with E-state index < -0.39 is 183 Å². The molecule has 11 atom stereocenters. The zero-order valence-electron chi connectivity index (χ0n) is 45.1. The molecule has 0 aliphatic heterocycles. The highest BCUT2D eigenvalue weighted by atomic mass is 16.4. The topological polar surface area (TPSA) is 571 Å². The number of nitrogens with zero attached hydrogens (tertiary/aromatic N) is 2. The molecule has 0 fully saturated rings. The summed E-state index contributed by atoms with van der Waals surface area (Å²) in [5.74, 6) is -13.8. The van der Waals surface area contributed by atoms with Crippen LogP contribution in [-0.2, 0) is 64.0 Å². The fourth-order valence-corrected chi connectivity index (χ4v) is 7.02. The molecule has 11 amide bonds. The minimum absolute atomic E-state index is 0.00376. The van der Waals surface area contributed by atoms with Gasteiger partial charge in [0.25, 0.3) is 0 Å². The van der Waals surface area contributed by atoms with Crippen molar-refractivity contribution in [1.82, 2.24) is 63.1 Å². The molecule has 0 aliphatic carbocycles. The van der Waals surface area contributed by atoms with Gasteiger partial charge < -0.3 is 107 Å². The summed E-state index contributed by atoms with van der Waals surface area (Å²) in [7, 11) is 0. The third-order valence-corrected chi connectivity index (χ3v) is 11.8. The number of rotatable bonds is 38. The molecule has 1 aromatic rings. The van der Waals surface area contributed by atoms with Gasteiger partial charge in [-0.1, -0.05) is 34.1 Å². The normalized spacial score (nSPS) is 15.1. The monoisotopic (exact) mass is 1140 g/mol. The van der Waals surface area contributed by atoms with Crippen molar-refractivity contribution in [3.63, 3.8) is 0 Å². The molecule has 0 radical (unpaired) electrons. The molecule has 34 heteroatoms. The number of aliphatic hydroxyl groups is 4. The molecular formula is C46H79N17O17. The number of carbonyl (C=O) groups is 12. The minimum atomic E-state index is -1.83. The zero-order valence-corrected chi connectivity index (χ0v) is 45.1. The van der Waals surface area contributed by atoms with Gasteiger partial charge in [-0.3, -0.25) is 57.7 Å². The second kappa shape index (κ2) is 36.2. The maximum absolute atomic E-state index is 13.5. The van der Waals surface area contributed by atoms with E-state index in [1.807, 2.05) is 0 Å². The number of amides is 11. The van der Waals surface area contributed by atoms with Gasteiger partial charge in [0.05, 0.1) is 45.3 Å². The number of aliphatic hydroxyl groups excluding tert-OH is 4. The molecular weight excluding hydrogens is 1060 g/mol. The van der Waals surface area contributed by atoms with Crippen LogP contribution in [0, 0.1) is 11.8 Å². The quantitative estimate of drug-likeness (QED) is 0.0166. The summed E-state index contributed by atoms with van der Waals surface area (Å²) in [5, 5.41) is 72.5. The number of primary amides is 1. The Morgan fingerprint density at radius 2 is 1.07 bits per heavy atom. The van der Waals surface area contributed by atoms with Crippen LogP contribution in [-0.4, -0.2) is 212 Å². The van der Waals surface area contributed by atoms with Crippen molar-refractivity contribution in [3.05, 3.63) is 18.2 Å². The van der Waals surface area contributed by atoms with E-state index in [0.717, 1.165) is 0 Å². The van der Waals surface area contributed by atoms with E-state index >= 15 is 0 Å². The van der Waals surface area contributed by atoms with Gasteiger partial charge in [0.1, 0.15) is 54.4 Å². The second-order valence-electron chi connectivity index (χ2n) is 18.8. The Bertz CT molecular complexity index is 2280. The van der Waals surface area contributed by atoms with Crippen molar-refractivity contribution in [2.24, 2.45) is 39.8 Å². The fraction of sp³-hybridized carbons (Fsp3) is 0.652. The molecule has 1 aromatic heterocycles. The highest BCUT2D eigenvalue weighted by molar-refractivity contribution is 5.98. The van der Waals surface area contributed by atoms with Gasteiger partial charge in [0.2, 0.25) is 65.0 Å². The van der Waals surface area contributed by atoms with Crippen LogP contribution in [0.3, 0.4) is 0 Å². The summed E-state index contributed by atoms with van der Waals surface area (Å²) in [4.78, 5) is 166. The van der Waals surface area contributed by atoms with Gasteiger partial charge in [-0.05, 0) is 44.4 Å². The van der Waals surface area contributed by atoms with E-state index in [2.05, 4.69) is 68.1 Å². The number of aromatic nitrogens is 2. The number of carboxylic acids is 1. The Hall–Kier alpha value is -8.08. The van der Waals surface area contributed by atoms with Gasteiger partial charge in [-0.25, -0.2) is 9.78 Å². The number of nitrogens with one attached hydrogen (secondary N) is 11. The molecule has 0 saturated heterocycles. The van der Waals surface area contributed by atoms with E-state index in [4.69, 9.17) is 22.9 Å². The van der Waals surface area contributed by atoms with Crippen LogP contribution in [0.2, 0.25) is 0 Å². The van der Waals surface area contributed by atoms with Crippen LogP contribution in [0.5, 0.6) is 0 Å². The largest absolute Gasteiger partial charge is 0.480 e. The van der Waals surface area contributed by atoms with E-state index in [-0.39, 0.29) is 44.1 Å². The highest BCUT2D eigenvalue weighted by Crippen LogP contribution is 2.10. The van der Waals surface area contributed by atoms with Gasteiger partial charge in [-0.15, -0.1) is 0 Å². The summed E-state index contributed by atoms with van der Waals surface area (Å²) in [6.07, 6.45) is 2.20. The number of carbonyl (C=O) groups excluding carboxylic acids is 11. The fourth-order valence-electron chi connectivity index (χ4n) is 7.02. The van der Waals surface area contributed by atoms with Crippen LogP contribution in [0.1, 0.15) is 78.8 Å². The number of H-pyrrole nitrogens is 1. The predicted molar refractivity (Wildman–Crippen MR) is 280 cm³/mol. The van der Waals surface area contributed by atoms with E-state index in [0.29, 0.717) is 12.1 Å². The van der Waals surface area contributed by atoms with Gasteiger partial charge in [0.15, 0.2) is 5.96 Å². The van der Waals surface area contributed by atoms with Gasteiger partial charge in [0, 0.05) is 31.3 Å². The first kappa shape index (κ1) is 69.9. The summed E-state index contributed by atoms with van der Waals surface area (Å²) in [6, 6.07) is -15.4. The third kappa shape index (κ3) is 25.6. The first-order chi connectivity index (χ1) is 37.6. The maximum Gasteiger partial charge on any atom is 0.326 e. The molecule has 0 unspecified atom stereocenters. The Morgan fingerprint density at radius 3 is 1.55 bits per heavy atom. The number of aromatic amines is 1. The van der Waals surface area contributed by atoms with Crippen molar-refractivity contribution in [2.45, 2.75) is 140 Å². The summed E-state index contributed by atoms with van der Waals surface area (Å²) >= 11 is 0. The maximum atomic E-state index is 13.5. The van der Waals surface area contributed by atoms with Crippen LogP contribution in [0.25, 0.3) is 0 Å². The molecule has 0 aliphatic rings. The Labute approximate surface area is 459 Å². The number of hydrogen-bond donors (Lipinski definition) is 20. The van der Waals surface area contributed by atoms with Crippen molar-refractivity contribution < 1.29 is 83.1 Å². The summed E-state index contributed by atoms with van der Waals surface area (Å²) in [5.41, 5.74) is 22.1. The Kier molecular flexibility index (Phi) is 31.6. The minimum Gasteiger partial charge on any atom is -0.480 e. The molecule has 0 spiro atoms. The molecule has 450 valence electrons. The summed E-state index contributed by atoms with van der Waals surface area (Å²) in [6.45, 7) is 2.93. The molecule has 80 heavy (non-hydrogen) atoms. The van der Waals surface area contributed by atoms with Crippen molar-refractivity contribution >= 4 is 76.9 Å². The van der Waals surface area contributed by atoms with Crippen molar-refractivity contribution in [3.8, 4) is 0 Å². The molecule has 0 bridgehead atoms. The average Bonchev–Trinajstić information content (AvgIpc) is 3.93. The SMILES string of the molecule is CC[C@H](C)[C@H](NC(=O)[C@H](CO)NC(=O)[C@H](CCC(N)=O)NC(=O)[C@H](CO)NC(=O)[C@H](C)NC(=O)[C@@H](N)CCCN=C(N)N)C(=O)NCC(=O)N[C@@H](CO)C(=O)N[C@@H](CO)C(=O)N[C@@H](CC(C)C)C(=O)N[C@@H](Cc1cnc[nH]1)C(=O)O. The standard InChI is InChI=1S/C46H79N17O17/c1-6-22(4)35(44(78)53-15-34(69)56-29(16-64)40(74)62-31(18-66)42(76)58-27(12-21(2)3)39(73)59-28(45(79)80)13-24-14-51-20-54-24)63-43(77)32(19-67)61-38(72)26(9-10-33(48)68)57-41(75)30(17-65)60-36(70)23(5)55-37(71)25(47)8-7-11-52-46(49)50/h14,20-23,25-32,35,64-67H,6-13,15-19,47H2,1-5H3,(H2,48,68)(H,51,54)(H,53,78)(H,55,71)(H,56,69)(H,57,75)(H,58,76)(H,59,73)(H,60,70)(H,61,72)(H,62,74)(H,63,77)(H,79,80)(H4,49,50,52)/t22-,23-,25-,26-,27-,28-,29-,30-,31-,32-,35-/m0/s1. The van der Waals surface area contributed by atoms with Crippen molar-refractivity contribution in [2.75, 3.05) is 39.5 Å². The first-order valence-corrected chi connectivity index (χ1v) is 25.4. The lowest BCUT2D eigenvalue weighted by Crippen LogP contribution is -2.61. The van der Waals surface area contributed by atoms with Crippen molar-refractivity contribution in [1.29, 1.82) is 0 Å². The zero-order chi connectivity index (χ0) is 60.8. The molecule has 34 nitrogen and oxygen atoms in total. The van der Waals surface area contributed by atoms with E-state index in [1.165, 1.54) is 26.4 Å². The number of hydrogen-bond acceptors (Lipinski definition) is 19. The lowest BCUT2D eigenvalue weighted by molar-refractivity contribution is -0.142. The second-order valence-corrected chi connectivity index (χ2v) is 18.8. The smallest absolute Gasteiger partial charge is 0.326 e. The first-order valence-electron chi connectivity index (χ1n) is 25.4. The number of carboxylic acid groups (broad SMARTS) is 1. The van der Waals surface area contributed by atoms with E-state index in [9.17, 15) is 83.1 Å². The average molecular weight is 1140 g/mol. The number of nitrogens with two attached hydrogens (primary N) is 4. The van der Waals surface area contributed by atoms with Gasteiger partial charge >= 0.3 is 5.97 Å². The van der Waals surface area contributed by atoms with E-state index in [1.54, 1.807) is 20.8 Å².